The van der Waals surface area contributed by atoms with Gasteiger partial charge < -0.3 is 11.1 Å². The maximum atomic E-state index is 5.48. The van der Waals surface area contributed by atoms with E-state index in [0.29, 0.717) is 6.54 Å². The Morgan fingerprint density at radius 1 is 1.13 bits per heavy atom. The zero-order valence-corrected chi connectivity index (χ0v) is 9.30. The van der Waals surface area contributed by atoms with Crippen LogP contribution in [-0.4, -0.2) is 13.1 Å². The highest BCUT2D eigenvalue weighted by Crippen LogP contribution is 2.28. The third-order valence-electron chi connectivity index (χ3n) is 2.34. The van der Waals surface area contributed by atoms with Gasteiger partial charge in [0.05, 0.1) is 0 Å². The molecule has 0 aliphatic carbocycles. The van der Waals surface area contributed by atoms with Crippen LogP contribution in [0.1, 0.15) is 0 Å². The Hall–Kier alpha value is -1.19. The van der Waals surface area contributed by atoms with Gasteiger partial charge in [0.15, 0.2) is 0 Å². The van der Waals surface area contributed by atoms with Crippen LogP contribution in [0.15, 0.2) is 41.3 Å². The first-order valence-electron chi connectivity index (χ1n) is 4.97. The van der Waals surface area contributed by atoms with Crippen molar-refractivity contribution in [2.24, 2.45) is 5.73 Å². The second-order valence-electron chi connectivity index (χ2n) is 3.40. The monoisotopic (exact) mass is 218 g/mol. The number of hydrogen-bond acceptors (Lipinski definition) is 3. The lowest BCUT2D eigenvalue weighted by molar-refractivity contribution is 1.03. The molecule has 78 valence electrons. The molecule has 0 aromatic heterocycles. The van der Waals surface area contributed by atoms with E-state index in [9.17, 15) is 0 Å². The summed E-state index contributed by atoms with van der Waals surface area (Å²) >= 11 is 4.47. The van der Waals surface area contributed by atoms with Gasteiger partial charge in [-0.25, -0.2) is 0 Å². The van der Waals surface area contributed by atoms with E-state index in [4.69, 9.17) is 5.73 Å². The fraction of sp³-hybridized carbons (Fsp3) is 0.167. The minimum Gasteiger partial charge on any atom is -0.383 e. The van der Waals surface area contributed by atoms with E-state index in [2.05, 4.69) is 36.1 Å². The van der Waals surface area contributed by atoms with Crippen LogP contribution in [0.25, 0.3) is 10.8 Å². The van der Waals surface area contributed by atoms with Crippen molar-refractivity contribution in [2.45, 2.75) is 4.90 Å². The summed E-state index contributed by atoms with van der Waals surface area (Å²) in [6.45, 7) is 1.41. The van der Waals surface area contributed by atoms with Gasteiger partial charge in [-0.2, -0.15) is 0 Å². The van der Waals surface area contributed by atoms with Crippen molar-refractivity contribution in [1.29, 1.82) is 0 Å². The number of hydrogen-bond donors (Lipinski definition) is 3. The first kappa shape index (κ1) is 10.3. The van der Waals surface area contributed by atoms with Crippen molar-refractivity contribution in [1.82, 2.24) is 0 Å². The van der Waals surface area contributed by atoms with E-state index < -0.39 is 0 Å². The number of rotatable bonds is 3. The Morgan fingerprint density at radius 3 is 2.60 bits per heavy atom. The summed E-state index contributed by atoms with van der Waals surface area (Å²) in [5.74, 6) is 0. The Kier molecular flexibility index (Phi) is 3.14. The fourth-order valence-electron chi connectivity index (χ4n) is 1.68. The first-order chi connectivity index (χ1) is 7.33. The molecule has 0 spiro atoms. The summed E-state index contributed by atoms with van der Waals surface area (Å²) in [5, 5.41) is 5.67. The Morgan fingerprint density at radius 2 is 1.87 bits per heavy atom. The average molecular weight is 218 g/mol. The second kappa shape index (κ2) is 4.55. The highest BCUT2D eigenvalue weighted by Gasteiger charge is 2.02. The lowest BCUT2D eigenvalue weighted by Crippen LogP contribution is -2.13. The van der Waals surface area contributed by atoms with E-state index in [0.717, 1.165) is 22.5 Å². The van der Waals surface area contributed by atoms with Gasteiger partial charge in [-0.05, 0) is 17.5 Å². The van der Waals surface area contributed by atoms with Crippen LogP contribution in [0.5, 0.6) is 0 Å². The number of nitrogens with two attached hydrogens (primary N) is 1. The highest BCUT2D eigenvalue weighted by atomic mass is 32.1. The highest BCUT2D eigenvalue weighted by molar-refractivity contribution is 7.80. The molecule has 0 aliphatic rings. The maximum absolute atomic E-state index is 5.48. The van der Waals surface area contributed by atoms with E-state index in [1.165, 1.54) is 5.39 Å². The summed E-state index contributed by atoms with van der Waals surface area (Å²) < 4.78 is 0. The summed E-state index contributed by atoms with van der Waals surface area (Å²) in [4.78, 5) is 0.993. The molecule has 15 heavy (non-hydrogen) atoms. The Labute approximate surface area is 94.9 Å². The number of anilines is 1. The molecule has 3 heteroatoms. The van der Waals surface area contributed by atoms with E-state index in [1.54, 1.807) is 0 Å². The molecule has 0 fully saturated rings. The quantitative estimate of drug-likeness (QED) is 0.692. The largest absolute Gasteiger partial charge is 0.383 e. The molecule has 2 nitrogen and oxygen atoms in total. The van der Waals surface area contributed by atoms with Crippen molar-refractivity contribution >= 4 is 29.1 Å². The molecule has 0 aliphatic heterocycles. The average Bonchev–Trinajstić information content (AvgIpc) is 2.26. The molecule has 3 N–H and O–H groups in total. The van der Waals surface area contributed by atoms with Gasteiger partial charge in [0.1, 0.15) is 0 Å². The molecule has 0 saturated carbocycles. The lowest BCUT2D eigenvalue weighted by Gasteiger charge is -2.10. The molecule has 0 amide bonds. The molecule has 0 heterocycles. The minimum absolute atomic E-state index is 0.630. The summed E-state index contributed by atoms with van der Waals surface area (Å²) in [5.41, 5.74) is 6.58. The number of benzene rings is 2. The van der Waals surface area contributed by atoms with Crippen LogP contribution in [0.2, 0.25) is 0 Å². The van der Waals surface area contributed by atoms with Gasteiger partial charge in [0, 0.05) is 29.1 Å². The van der Waals surface area contributed by atoms with Gasteiger partial charge >= 0.3 is 0 Å². The molecular formula is C12H14N2S. The first-order valence-corrected chi connectivity index (χ1v) is 5.42. The topological polar surface area (TPSA) is 38.0 Å². The van der Waals surface area contributed by atoms with Crippen LogP contribution < -0.4 is 11.1 Å². The molecule has 2 aromatic carbocycles. The van der Waals surface area contributed by atoms with Gasteiger partial charge in [0.2, 0.25) is 0 Å². The molecule has 0 atom stereocenters. The van der Waals surface area contributed by atoms with Crippen LogP contribution in [-0.2, 0) is 0 Å². The predicted octanol–water partition coefficient (Wildman–Crippen LogP) is 2.50. The van der Waals surface area contributed by atoms with Crippen LogP contribution >= 0.6 is 12.6 Å². The normalized spacial score (nSPS) is 10.5. The van der Waals surface area contributed by atoms with E-state index >= 15 is 0 Å². The van der Waals surface area contributed by atoms with Gasteiger partial charge in [-0.3, -0.25) is 0 Å². The molecule has 0 saturated heterocycles. The minimum atomic E-state index is 0.630. The molecule has 0 radical (unpaired) electrons. The number of nitrogens with one attached hydrogen (secondary N) is 1. The summed E-state index contributed by atoms with van der Waals surface area (Å²) in [7, 11) is 0. The molecule has 0 unspecified atom stereocenters. The van der Waals surface area contributed by atoms with Crippen LogP contribution in [0.4, 0.5) is 5.69 Å². The lowest BCUT2D eigenvalue weighted by atomic mass is 10.1. The van der Waals surface area contributed by atoms with E-state index in [-0.39, 0.29) is 0 Å². The van der Waals surface area contributed by atoms with Crippen molar-refractivity contribution in [3.63, 3.8) is 0 Å². The molecule has 2 aromatic rings. The summed E-state index contributed by atoms with van der Waals surface area (Å²) in [6, 6.07) is 12.3. The SMILES string of the molecule is NCCNc1cccc2cccc(S)c12. The Bertz CT molecular complexity index is 463. The van der Waals surface area contributed by atoms with Gasteiger partial charge in [-0.1, -0.05) is 24.3 Å². The zero-order valence-electron chi connectivity index (χ0n) is 8.40. The zero-order chi connectivity index (χ0) is 10.7. The number of thiol groups is 1. The second-order valence-corrected chi connectivity index (χ2v) is 3.88. The number of fused-ring (bicyclic) bond motifs is 1. The van der Waals surface area contributed by atoms with Crippen molar-refractivity contribution in [3.05, 3.63) is 36.4 Å². The van der Waals surface area contributed by atoms with E-state index in [1.807, 2.05) is 18.2 Å². The van der Waals surface area contributed by atoms with Crippen molar-refractivity contribution < 1.29 is 0 Å². The standard InChI is InChI=1S/C12H14N2S/c13-7-8-14-10-5-1-3-9-4-2-6-11(15)12(9)10/h1-6,14-15H,7-8,13H2. The van der Waals surface area contributed by atoms with Crippen molar-refractivity contribution in [3.8, 4) is 0 Å². The van der Waals surface area contributed by atoms with Gasteiger partial charge in [-0.15, -0.1) is 12.6 Å². The third-order valence-corrected chi connectivity index (χ3v) is 2.72. The maximum Gasteiger partial charge on any atom is 0.0431 e. The van der Waals surface area contributed by atoms with Crippen molar-refractivity contribution in [2.75, 3.05) is 18.4 Å². The fourth-order valence-corrected chi connectivity index (χ4v) is 2.01. The third kappa shape index (κ3) is 2.08. The molecule has 0 bridgehead atoms. The summed E-state index contributed by atoms with van der Waals surface area (Å²) in [6.07, 6.45) is 0. The van der Waals surface area contributed by atoms with Crippen LogP contribution in [0, 0.1) is 0 Å². The van der Waals surface area contributed by atoms with Crippen LogP contribution in [0.3, 0.4) is 0 Å². The Balaban J connectivity index is 2.53. The van der Waals surface area contributed by atoms with Gasteiger partial charge in [0.25, 0.3) is 0 Å². The predicted molar refractivity (Wildman–Crippen MR) is 68.7 cm³/mol. The molecular weight excluding hydrogens is 204 g/mol. The smallest absolute Gasteiger partial charge is 0.0431 e. The molecule has 2 rings (SSSR count).